The van der Waals surface area contributed by atoms with Crippen LogP contribution in [-0.4, -0.2) is 17.3 Å². The van der Waals surface area contributed by atoms with Crippen LogP contribution in [0, 0.1) is 0 Å². The van der Waals surface area contributed by atoms with E-state index in [0.717, 1.165) is 21.3 Å². The number of ether oxygens (including phenoxy) is 1. The van der Waals surface area contributed by atoms with Crippen LogP contribution < -0.4 is 10.1 Å². The first kappa shape index (κ1) is 18.3. The van der Waals surface area contributed by atoms with E-state index in [1.165, 1.54) is 0 Å². The molecule has 0 spiro atoms. The first-order chi connectivity index (χ1) is 10.9. The van der Waals surface area contributed by atoms with Crippen molar-refractivity contribution in [3.05, 3.63) is 63.1 Å². The second-order valence-corrected chi connectivity index (χ2v) is 7.41. The highest BCUT2D eigenvalue weighted by atomic mass is 79.9. The Balaban J connectivity index is 2.07. The fraction of sp³-hybridized carbons (Fsp3) is 0.333. The molecule has 2 rings (SSSR count). The highest BCUT2D eigenvalue weighted by Gasteiger charge is 2.16. The van der Waals surface area contributed by atoms with E-state index in [0.29, 0.717) is 18.2 Å². The highest BCUT2D eigenvalue weighted by molar-refractivity contribution is 9.10. The van der Waals surface area contributed by atoms with Gasteiger partial charge in [-0.05, 0) is 49.7 Å². The van der Waals surface area contributed by atoms with Crippen LogP contribution in [0.3, 0.4) is 0 Å². The van der Waals surface area contributed by atoms with Crippen molar-refractivity contribution < 1.29 is 9.84 Å². The molecule has 2 aromatic rings. The molecule has 0 saturated heterocycles. The molecule has 5 heteroatoms. The standard InChI is InChI=1S/C18H21BrClNO2/c1-18(2,12-22)21-10-14-9-15(19)5-8-17(14)23-11-13-3-6-16(20)7-4-13/h3-9,21-22H,10-12H2,1-2H3. The van der Waals surface area contributed by atoms with Gasteiger partial charge in [-0.25, -0.2) is 0 Å². The maximum Gasteiger partial charge on any atom is 0.124 e. The van der Waals surface area contributed by atoms with E-state index >= 15 is 0 Å². The number of benzene rings is 2. The molecule has 124 valence electrons. The van der Waals surface area contributed by atoms with E-state index in [9.17, 15) is 5.11 Å². The Morgan fingerprint density at radius 3 is 2.52 bits per heavy atom. The Labute approximate surface area is 150 Å². The minimum absolute atomic E-state index is 0.0714. The van der Waals surface area contributed by atoms with Gasteiger partial charge in [0.15, 0.2) is 0 Å². The summed E-state index contributed by atoms with van der Waals surface area (Å²) in [4.78, 5) is 0. The van der Waals surface area contributed by atoms with E-state index in [4.69, 9.17) is 16.3 Å². The van der Waals surface area contributed by atoms with Gasteiger partial charge in [-0.1, -0.05) is 39.7 Å². The van der Waals surface area contributed by atoms with Crippen molar-refractivity contribution in [2.75, 3.05) is 6.61 Å². The molecule has 0 aliphatic rings. The van der Waals surface area contributed by atoms with E-state index < -0.39 is 0 Å². The van der Waals surface area contributed by atoms with Gasteiger partial charge in [-0.15, -0.1) is 0 Å². The molecule has 0 aliphatic heterocycles. The summed E-state index contributed by atoms with van der Waals surface area (Å²) in [6.07, 6.45) is 0. The van der Waals surface area contributed by atoms with Crippen molar-refractivity contribution in [2.24, 2.45) is 0 Å². The van der Waals surface area contributed by atoms with Gasteiger partial charge in [0.25, 0.3) is 0 Å². The molecular weight excluding hydrogens is 378 g/mol. The molecule has 3 nitrogen and oxygen atoms in total. The number of aliphatic hydroxyl groups is 1. The number of hydrogen-bond acceptors (Lipinski definition) is 3. The molecule has 0 saturated carbocycles. The monoisotopic (exact) mass is 397 g/mol. The van der Waals surface area contributed by atoms with Crippen molar-refractivity contribution >= 4 is 27.5 Å². The van der Waals surface area contributed by atoms with Crippen LogP contribution in [0.5, 0.6) is 5.75 Å². The van der Waals surface area contributed by atoms with Gasteiger partial charge in [0.2, 0.25) is 0 Å². The third-order valence-corrected chi connectivity index (χ3v) is 4.23. The zero-order valence-corrected chi connectivity index (χ0v) is 15.6. The molecule has 0 fully saturated rings. The van der Waals surface area contributed by atoms with Gasteiger partial charge in [0.1, 0.15) is 12.4 Å². The summed E-state index contributed by atoms with van der Waals surface area (Å²) in [5.74, 6) is 0.824. The van der Waals surface area contributed by atoms with Crippen LogP contribution in [0.25, 0.3) is 0 Å². The van der Waals surface area contributed by atoms with Crippen LogP contribution in [0.2, 0.25) is 5.02 Å². The molecule has 0 atom stereocenters. The van der Waals surface area contributed by atoms with Crippen LogP contribution in [0.4, 0.5) is 0 Å². The zero-order chi connectivity index (χ0) is 16.9. The van der Waals surface area contributed by atoms with Gasteiger partial charge in [-0.2, -0.15) is 0 Å². The first-order valence-electron chi connectivity index (χ1n) is 7.41. The van der Waals surface area contributed by atoms with Gasteiger partial charge in [0.05, 0.1) is 6.61 Å². The topological polar surface area (TPSA) is 41.5 Å². The second-order valence-electron chi connectivity index (χ2n) is 6.06. The van der Waals surface area contributed by atoms with Crippen molar-refractivity contribution in [3.8, 4) is 5.75 Å². The summed E-state index contributed by atoms with van der Waals surface area (Å²) < 4.78 is 6.95. The van der Waals surface area contributed by atoms with E-state index in [2.05, 4.69) is 21.2 Å². The van der Waals surface area contributed by atoms with Crippen molar-refractivity contribution in [1.29, 1.82) is 0 Å². The molecule has 0 aliphatic carbocycles. The molecule has 0 unspecified atom stereocenters. The largest absolute Gasteiger partial charge is 0.489 e. The Morgan fingerprint density at radius 2 is 1.87 bits per heavy atom. The lowest BCUT2D eigenvalue weighted by molar-refractivity contribution is 0.186. The average Bonchev–Trinajstić information content (AvgIpc) is 2.53. The fourth-order valence-corrected chi connectivity index (χ4v) is 2.49. The van der Waals surface area contributed by atoms with Crippen LogP contribution in [0.15, 0.2) is 46.9 Å². The van der Waals surface area contributed by atoms with E-state index in [1.807, 2.05) is 56.3 Å². The number of halogens is 2. The highest BCUT2D eigenvalue weighted by Crippen LogP contribution is 2.25. The number of hydrogen-bond donors (Lipinski definition) is 2. The van der Waals surface area contributed by atoms with E-state index in [1.54, 1.807) is 0 Å². The molecule has 2 N–H and O–H groups in total. The van der Waals surface area contributed by atoms with Gasteiger partial charge in [0, 0.05) is 27.1 Å². The Bertz CT molecular complexity index is 644. The minimum atomic E-state index is -0.338. The smallest absolute Gasteiger partial charge is 0.124 e. The lowest BCUT2D eigenvalue weighted by Crippen LogP contribution is -2.42. The number of nitrogens with one attached hydrogen (secondary N) is 1. The average molecular weight is 399 g/mol. The predicted molar refractivity (Wildman–Crippen MR) is 97.9 cm³/mol. The molecule has 0 heterocycles. The SMILES string of the molecule is CC(C)(CO)NCc1cc(Br)ccc1OCc1ccc(Cl)cc1. The van der Waals surface area contributed by atoms with Crippen molar-refractivity contribution in [3.63, 3.8) is 0 Å². The summed E-state index contributed by atoms with van der Waals surface area (Å²) in [5.41, 5.74) is 1.76. The molecule has 0 amide bonds. The van der Waals surface area contributed by atoms with Crippen LogP contribution >= 0.6 is 27.5 Å². The van der Waals surface area contributed by atoms with Gasteiger partial charge >= 0.3 is 0 Å². The minimum Gasteiger partial charge on any atom is -0.489 e. The van der Waals surface area contributed by atoms with Gasteiger partial charge < -0.3 is 15.2 Å². The summed E-state index contributed by atoms with van der Waals surface area (Å²) in [6.45, 7) is 5.08. The second kappa shape index (κ2) is 8.15. The third-order valence-electron chi connectivity index (χ3n) is 3.48. The van der Waals surface area contributed by atoms with Crippen molar-refractivity contribution in [1.82, 2.24) is 5.32 Å². The summed E-state index contributed by atoms with van der Waals surface area (Å²) in [7, 11) is 0. The molecular formula is C18H21BrClNO2. The normalized spacial score (nSPS) is 11.5. The quantitative estimate of drug-likeness (QED) is 0.719. The molecule has 0 radical (unpaired) electrons. The number of aliphatic hydroxyl groups excluding tert-OH is 1. The van der Waals surface area contributed by atoms with Gasteiger partial charge in [-0.3, -0.25) is 0 Å². The lowest BCUT2D eigenvalue weighted by atomic mass is 10.1. The van der Waals surface area contributed by atoms with Crippen LogP contribution in [0.1, 0.15) is 25.0 Å². The molecule has 0 aromatic heterocycles. The Morgan fingerprint density at radius 1 is 1.17 bits per heavy atom. The molecule has 0 bridgehead atoms. The number of rotatable bonds is 7. The first-order valence-corrected chi connectivity index (χ1v) is 8.58. The van der Waals surface area contributed by atoms with E-state index in [-0.39, 0.29) is 12.1 Å². The zero-order valence-electron chi connectivity index (χ0n) is 13.3. The van der Waals surface area contributed by atoms with Crippen LogP contribution in [-0.2, 0) is 13.2 Å². The summed E-state index contributed by atoms with van der Waals surface area (Å²) in [5, 5.41) is 13.4. The maximum atomic E-state index is 9.36. The Hall–Kier alpha value is -1.07. The Kier molecular flexibility index (Phi) is 6.48. The molecule has 23 heavy (non-hydrogen) atoms. The van der Waals surface area contributed by atoms with Crippen molar-refractivity contribution in [2.45, 2.75) is 32.5 Å². The molecule has 2 aromatic carbocycles. The lowest BCUT2D eigenvalue weighted by Gasteiger charge is -2.24. The fourth-order valence-electron chi connectivity index (χ4n) is 1.96. The maximum absolute atomic E-state index is 9.36. The predicted octanol–water partition coefficient (Wildman–Crippen LogP) is 4.54. The summed E-state index contributed by atoms with van der Waals surface area (Å²) in [6, 6.07) is 13.5. The third kappa shape index (κ3) is 5.81. The summed E-state index contributed by atoms with van der Waals surface area (Å²) >= 11 is 9.38.